The zero-order valence-corrected chi connectivity index (χ0v) is 11.4. The molecule has 2 saturated carbocycles. The number of amides is 3. The van der Waals surface area contributed by atoms with Crippen LogP contribution in [0, 0.1) is 18.8 Å². The van der Waals surface area contributed by atoms with E-state index < -0.39 is 11.6 Å². The Balaban J connectivity index is 1.54. The van der Waals surface area contributed by atoms with Crippen LogP contribution in [-0.4, -0.2) is 22.6 Å². The number of nitrogens with one attached hydrogen (secondary N) is 1. The Morgan fingerprint density at radius 3 is 2.65 bits per heavy atom. The van der Waals surface area contributed by atoms with E-state index in [-0.39, 0.29) is 11.8 Å². The second-order valence-corrected chi connectivity index (χ2v) is 6.32. The van der Waals surface area contributed by atoms with Gasteiger partial charge >= 0.3 is 6.03 Å². The molecular formula is C14H17N3O3. The molecule has 4 rings (SSSR count). The summed E-state index contributed by atoms with van der Waals surface area (Å²) in [6.07, 6.45) is 5.39. The van der Waals surface area contributed by atoms with Crippen molar-refractivity contribution in [2.75, 3.05) is 4.90 Å². The molecule has 20 heavy (non-hydrogen) atoms. The summed E-state index contributed by atoms with van der Waals surface area (Å²) in [6.45, 7) is 1.76. The van der Waals surface area contributed by atoms with Gasteiger partial charge in [-0.05, 0) is 31.6 Å². The molecule has 6 nitrogen and oxygen atoms in total. The van der Waals surface area contributed by atoms with Crippen LogP contribution in [0.3, 0.4) is 0 Å². The molecule has 3 amide bonds. The summed E-state index contributed by atoms with van der Waals surface area (Å²) < 4.78 is 5.05. The first-order valence-corrected chi connectivity index (χ1v) is 7.19. The third kappa shape index (κ3) is 1.47. The molecule has 2 heterocycles. The number of aryl methyl sites for hydroxylation is 1. The van der Waals surface area contributed by atoms with Crippen LogP contribution < -0.4 is 10.2 Å². The zero-order valence-electron chi connectivity index (χ0n) is 11.4. The second kappa shape index (κ2) is 3.84. The fourth-order valence-electron chi connectivity index (χ4n) is 3.63. The maximum absolute atomic E-state index is 12.6. The van der Waals surface area contributed by atoms with Crippen molar-refractivity contribution in [2.45, 2.75) is 44.6 Å². The fourth-order valence-corrected chi connectivity index (χ4v) is 3.63. The van der Waals surface area contributed by atoms with E-state index in [1.807, 2.05) is 0 Å². The van der Waals surface area contributed by atoms with Crippen LogP contribution in [0.25, 0.3) is 0 Å². The molecule has 3 fully saturated rings. The van der Waals surface area contributed by atoms with Gasteiger partial charge in [-0.1, -0.05) is 24.4 Å². The van der Waals surface area contributed by atoms with Gasteiger partial charge in [-0.15, -0.1) is 0 Å². The van der Waals surface area contributed by atoms with Crippen molar-refractivity contribution in [3.63, 3.8) is 0 Å². The molecule has 0 aromatic carbocycles. The number of urea groups is 1. The van der Waals surface area contributed by atoms with Crippen LogP contribution in [0.5, 0.6) is 0 Å². The molecule has 0 bridgehead atoms. The van der Waals surface area contributed by atoms with Gasteiger partial charge in [-0.2, -0.15) is 4.90 Å². The molecule has 1 saturated heterocycles. The molecule has 0 unspecified atom stereocenters. The molecular weight excluding hydrogens is 258 g/mol. The number of nitrogens with zero attached hydrogens (tertiary/aromatic N) is 2. The van der Waals surface area contributed by atoms with Gasteiger partial charge in [0.1, 0.15) is 5.54 Å². The van der Waals surface area contributed by atoms with E-state index in [1.54, 1.807) is 13.0 Å². The summed E-state index contributed by atoms with van der Waals surface area (Å²) in [6, 6.07) is 1.22. The van der Waals surface area contributed by atoms with Crippen molar-refractivity contribution < 1.29 is 14.1 Å². The predicted molar refractivity (Wildman–Crippen MR) is 70.1 cm³/mol. The Morgan fingerprint density at radius 2 is 2.10 bits per heavy atom. The molecule has 1 aliphatic heterocycles. The van der Waals surface area contributed by atoms with E-state index in [9.17, 15) is 9.59 Å². The molecule has 1 spiro atoms. The normalized spacial score (nSPS) is 33.2. The van der Waals surface area contributed by atoms with E-state index >= 15 is 0 Å². The van der Waals surface area contributed by atoms with Crippen molar-refractivity contribution in [3.8, 4) is 0 Å². The third-order valence-corrected chi connectivity index (χ3v) is 5.04. The van der Waals surface area contributed by atoms with E-state index in [1.165, 1.54) is 19.3 Å². The van der Waals surface area contributed by atoms with Gasteiger partial charge in [0.05, 0.1) is 5.69 Å². The lowest BCUT2D eigenvalue weighted by molar-refractivity contribution is -0.128. The summed E-state index contributed by atoms with van der Waals surface area (Å²) in [4.78, 5) is 25.7. The van der Waals surface area contributed by atoms with Gasteiger partial charge in [-0.3, -0.25) is 4.79 Å². The van der Waals surface area contributed by atoms with Gasteiger partial charge in [-0.25, -0.2) is 4.79 Å². The van der Waals surface area contributed by atoms with Crippen molar-refractivity contribution in [1.29, 1.82) is 0 Å². The summed E-state index contributed by atoms with van der Waals surface area (Å²) >= 11 is 0. The summed E-state index contributed by atoms with van der Waals surface area (Å²) in [5, 5.41) is 6.60. The average Bonchev–Trinajstić information content (AvgIpc) is 2.79. The Bertz CT molecular complexity index is 584. The number of carbonyl (C=O) groups is 2. The van der Waals surface area contributed by atoms with Crippen LogP contribution in [0.4, 0.5) is 10.7 Å². The highest BCUT2D eigenvalue weighted by Crippen LogP contribution is 2.51. The number of hydrogen-bond acceptors (Lipinski definition) is 4. The van der Waals surface area contributed by atoms with Crippen molar-refractivity contribution in [3.05, 3.63) is 11.8 Å². The fraction of sp³-hybridized carbons (Fsp3) is 0.643. The minimum atomic E-state index is -0.683. The number of anilines is 1. The highest BCUT2D eigenvalue weighted by atomic mass is 16.5. The number of rotatable bonds is 2. The third-order valence-electron chi connectivity index (χ3n) is 5.04. The molecule has 6 heteroatoms. The summed E-state index contributed by atoms with van der Waals surface area (Å²) in [5.41, 5.74) is -0.0274. The Kier molecular flexibility index (Phi) is 2.29. The number of hydrogen-bond donors (Lipinski definition) is 1. The molecule has 2 aliphatic carbocycles. The van der Waals surface area contributed by atoms with Crippen molar-refractivity contribution in [1.82, 2.24) is 10.5 Å². The maximum atomic E-state index is 12.6. The van der Waals surface area contributed by atoms with E-state index in [2.05, 4.69) is 10.5 Å². The zero-order chi connectivity index (χ0) is 13.9. The van der Waals surface area contributed by atoms with Gasteiger partial charge < -0.3 is 9.84 Å². The highest BCUT2D eigenvalue weighted by Gasteiger charge is 2.61. The Hall–Kier alpha value is -1.85. The largest absolute Gasteiger partial charge is 0.337 e. The SMILES string of the molecule is Cc1cc(N2C(=O)NC3(CC(C4CCC4)C3)C2=O)on1. The average molecular weight is 275 g/mol. The Morgan fingerprint density at radius 1 is 1.35 bits per heavy atom. The molecule has 106 valence electrons. The molecule has 1 aromatic heterocycles. The van der Waals surface area contributed by atoms with E-state index in [4.69, 9.17) is 4.52 Å². The van der Waals surface area contributed by atoms with Crippen molar-refractivity contribution in [2.24, 2.45) is 11.8 Å². The van der Waals surface area contributed by atoms with Crippen LogP contribution in [0.2, 0.25) is 0 Å². The highest BCUT2D eigenvalue weighted by molar-refractivity contribution is 6.23. The van der Waals surface area contributed by atoms with Gasteiger partial charge in [0, 0.05) is 6.07 Å². The molecule has 1 aromatic rings. The summed E-state index contributed by atoms with van der Waals surface area (Å²) in [7, 11) is 0. The van der Waals surface area contributed by atoms with Crippen LogP contribution >= 0.6 is 0 Å². The number of carbonyl (C=O) groups excluding carboxylic acids is 2. The molecule has 0 radical (unpaired) electrons. The van der Waals surface area contributed by atoms with Gasteiger partial charge in [0.15, 0.2) is 0 Å². The van der Waals surface area contributed by atoms with Gasteiger partial charge in [0.2, 0.25) is 5.88 Å². The first-order chi connectivity index (χ1) is 9.59. The van der Waals surface area contributed by atoms with Crippen LogP contribution in [-0.2, 0) is 4.79 Å². The van der Waals surface area contributed by atoms with Crippen LogP contribution in [0.15, 0.2) is 10.6 Å². The summed E-state index contributed by atoms with van der Waals surface area (Å²) in [5.74, 6) is 1.37. The topological polar surface area (TPSA) is 75.4 Å². The first kappa shape index (κ1) is 11.9. The smallest absolute Gasteiger partial charge is 0.332 e. The molecule has 0 atom stereocenters. The lowest BCUT2D eigenvalue weighted by Crippen LogP contribution is -2.59. The van der Waals surface area contributed by atoms with E-state index in [0.29, 0.717) is 11.6 Å². The molecule has 3 aliphatic rings. The standard InChI is InChI=1S/C14H17N3O3/c1-8-5-11(20-16-8)17-12(18)14(15-13(17)19)6-10(7-14)9-3-2-4-9/h5,9-10H,2-4,6-7H2,1H3,(H,15,19). The Labute approximate surface area is 116 Å². The van der Waals surface area contributed by atoms with Crippen molar-refractivity contribution >= 4 is 17.8 Å². The minimum absolute atomic E-state index is 0.186. The predicted octanol–water partition coefficient (Wildman–Crippen LogP) is 1.99. The lowest BCUT2D eigenvalue weighted by atomic mass is 9.58. The monoisotopic (exact) mass is 275 g/mol. The minimum Gasteiger partial charge on any atom is -0.337 e. The maximum Gasteiger partial charge on any atom is 0.332 e. The number of aromatic nitrogens is 1. The second-order valence-electron chi connectivity index (χ2n) is 6.32. The van der Waals surface area contributed by atoms with E-state index in [0.717, 1.165) is 23.7 Å². The number of imide groups is 1. The quantitative estimate of drug-likeness (QED) is 0.837. The molecule has 1 N–H and O–H groups in total. The van der Waals surface area contributed by atoms with Crippen LogP contribution in [0.1, 0.15) is 37.8 Å². The first-order valence-electron chi connectivity index (χ1n) is 7.19. The van der Waals surface area contributed by atoms with Gasteiger partial charge in [0.25, 0.3) is 5.91 Å². The lowest BCUT2D eigenvalue weighted by Gasteiger charge is -2.48.